The molecule has 4 nitrogen and oxygen atoms in total. The number of ether oxygens (including phenoxy) is 2. The van der Waals surface area contributed by atoms with Crippen molar-refractivity contribution in [3.63, 3.8) is 0 Å². The van der Waals surface area contributed by atoms with Crippen molar-refractivity contribution < 1.29 is 19.0 Å². The fraction of sp³-hybridized carbons (Fsp3) is 0.667. The zero-order chi connectivity index (χ0) is 17.3. The topological polar surface area (TPSA) is 47.9 Å². The Morgan fingerprint density at radius 1 is 1.26 bits per heavy atom. The van der Waals surface area contributed by atoms with Gasteiger partial charge in [0.1, 0.15) is 11.7 Å². The minimum absolute atomic E-state index is 0.128. The van der Waals surface area contributed by atoms with Gasteiger partial charge >= 0.3 is 0 Å². The van der Waals surface area contributed by atoms with Crippen molar-refractivity contribution >= 4 is 8.32 Å². The van der Waals surface area contributed by atoms with Crippen molar-refractivity contribution in [3.8, 4) is 0 Å². The summed E-state index contributed by atoms with van der Waals surface area (Å²) in [6, 6.07) is 9.80. The van der Waals surface area contributed by atoms with Crippen molar-refractivity contribution in [2.75, 3.05) is 13.2 Å². The largest absolute Gasteiger partial charge is 0.414 e. The van der Waals surface area contributed by atoms with E-state index in [1.165, 1.54) is 0 Å². The third-order valence-electron chi connectivity index (χ3n) is 4.98. The number of hydrogen-bond acceptors (Lipinski definition) is 4. The Morgan fingerprint density at radius 3 is 2.43 bits per heavy atom. The van der Waals surface area contributed by atoms with Crippen LogP contribution in [0.3, 0.4) is 0 Å². The van der Waals surface area contributed by atoms with Gasteiger partial charge in [0, 0.05) is 5.56 Å². The molecule has 1 heterocycles. The van der Waals surface area contributed by atoms with Gasteiger partial charge in [-0.3, -0.25) is 0 Å². The summed E-state index contributed by atoms with van der Waals surface area (Å²) in [6.45, 7) is 13.4. The van der Waals surface area contributed by atoms with Crippen LogP contribution in [0.15, 0.2) is 30.3 Å². The molecule has 1 aliphatic heterocycles. The van der Waals surface area contributed by atoms with Crippen molar-refractivity contribution in [1.82, 2.24) is 0 Å². The Hall–Kier alpha value is -0.723. The molecule has 0 aromatic heterocycles. The maximum atomic E-state index is 10.6. The van der Waals surface area contributed by atoms with E-state index in [9.17, 15) is 5.11 Å². The minimum atomic E-state index is -1.88. The standard InChI is InChI=1S/C18H30O4Si/c1-17(2,3)23(5,6)21-12-15-18(4,19)13-20-16(22-15)14-10-8-7-9-11-14/h7-11,15-16,19H,12-13H2,1-6H3/t15-,16+,18-/m1/s1. The first kappa shape index (κ1) is 18.6. The van der Waals surface area contributed by atoms with E-state index in [0.29, 0.717) is 6.61 Å². The summed E-state index contributed by atoms with van der Waals surface area (Å²) < 4.78 is 18.0. The number of aliphatic hydroxyl groups is 1. The highest BCUT2D eigenvalue weighted by Crippen LogP contribution is 2.38. The minimum Gasteiger partial charge on any atom is -0.414 e. The van der Waals surface area contributed by atoms with Gasteiger partial charge in [-0.25, -0.2) is 0 Å². The van der Waals surface area contributed by atoms with Gasteiger partial charge in [0.25, 0.3) is 0 Å². The average Bonchev–Trinajstić information content (AvgIpc) is 2.45. The molecule has 1 aromatic carbocycles. The Morgan fingerprint density at radius 2 is 1.87 bits per heavy atom. The second kappa shape index (κ2) is 6.65. The summed E-state index contributed by atoms with van der Waals surface area (Å²) >= 11 is 0. The second-order valence-corrected chi connectivity index (χ2v) is 12.9. The molecule has 1 N–H and O–H groups in total. The monoisotopic (exact) mass is 338 g/mol. The van der Waals surface area contributed by atoms with Crippen LogP contribution in [-0.4, -0.2) is 38.3 Å². The first-order chi connectivity index (χ1) is 10.5. The molecule has 0 saturated carbocycles. The molecule has 0 unspecified atom stereocenters. The van der Waals surface area contributed by atoms with Gasteiger partial charge in [0.15, 0.2) is 14.6 Å². The van der Waals surface area contributed by atoms with Crippen molar-refractivity contribution in [3.05, 3.63) is 35.9 Å². The first-order valence-corrected chi connectivity index (χ1v) is 11.1. The van der Waals surface area contributed by atoms with Crippen LogP contribution in [0.5, 0.6) is 0 Å². The molecule has 1 fully saturated rings. The molecule has 0 spiro atoms. The number of rotatable bonds is 4. The van der Waals surface area contributed by atoms with E-state index >= 15 is 0 Å². The van der Waals surface area contributed by atoms with Gasteiger partial charge < -0.3 is 19.0 Å². The van der Waals surface area contributed by atoms with Gasteiger partial charge in [0.05, 0.1) is 13.2 Å². The fourth-order valence-electron chi connectivity index (χ4n) is 2.18. The van der Waals surface area contributed by atoms with E-state index in [1.807, 2.05) is 30.3 Å². The summed E-state index contributed by atoms with van der Waals surface area (Å²) in [4.78, 5) is 0. The first-order valence-electron chi connectivity index (χ1n) is 8.21. The van der Waals surface area contributed by atoms with Crippen LogP contribution in [0, 0.1) is 0 Å². The Labute approximate surface area is 140 Å². The van der Waals surface area contributed by atoms with Gasteiger partial charge in [-0.1, -0.05) is 51.1 Å². The van der Waals surface area contributed by atoms with Crippen LogP contribution in [0.2, 0.25) is 18.1 Å². The molecule has 0 amide bonds. The number of benzene rings is 1. The maximum Gasteiger partial charge on any atom is 0.192 e. The van der Waals surface area contributed by atoms with Crippen molar-refractivity contribution in [2.24, 2.45) is 0 Å². The summed E-state index contributed by atoms with van der Waals surface area (Å²) in [5.41, 5.74) is -0.0893. The van der Waals surface area contributed by atoms with Crippen LogP contribution >= 0.6 is 0 Å². The molecule has 1 aromatic rings. The van der Waals surface area contributed by atoms with Crippen LogP contribution in [0.4, 0.5) is 0 Å². The molecule has 0 aliphatic carbocycles. The van der Waals surface area contributed by atoms with E-state index in [0.717, 1.165) is 5.56 Å². The summed E-state index contributed by atoms with van der Waals surface area (Å²) in [5.74, 6) is 0. The Balaban J connectivity index is 2.06. The van der Waals surface area contributed by atoms with Crippen LogP contribution in [0.1, 0.15) is 39.5 Å². The lowest BCUT2D eigenvalue weighted by atomic mass is 9.99. The fourth-order valence-corrected chi connectivity index (χ4v) is 3.18. The van der Waals surface area contributed by atoms with E-state index in [1.54, 1.807) is 6.92 Å². The Kier molecular flexibility index (Phi) is 5.38. The van der Waals surface area contributed by atoms with Gasteiger partial charge in [-0.15, -0.1) is 0 Å². The van der Waals surface area contributed by atoms with E-state index < -0.39 is 26.3 Å². The lowest BCUT2D eigenvalue weighted by Gasteiger charge is -2.43. The van der Waals surface area contributed by atoms with Gasteiger partial charge in [-0.2, -0.15) is 0 Å². The predicted octanol–water partition coefficient (Wildman–Crippen LogP) is 3.87. The van der Waals surface area contributed by atoms with Crippen LogP contribution in [-0.2, 0) is 13.9 Å². The normalized spacial score (nSPS) is 29.5. The zero-order valence-electron chi connectivity index (χ0n) is 15.1. The molecule has 0 radical (unpaired) electrons. The molecule has 3 atom stereocenters. The number of hydrogen-bond donors (Lipinski definition) is 1. The highest BCUT2D eigenvalue weighted by molar-refractivity contribution is 6.74. The maximum absolute atomic E-state index is 10.6. The second-order valence-electron chi connectivity index (χ2n) is 8.11. The molecule has 5 heteroatoms. The summed E-state index contributed by atoms with van der Waals surface area (Å²) in [6.07, 6.45) is -0.861. The third kappa shape index (κ3) is 4.42. The molecular formula is C18H30O4Si. The molecule has 1 aliphatic rings. The lowest BCUT2D eigenvalue weighted by molar-refractivity contribution is -0.293. The average molecular weight is 339 g/mol. The van der Waals surface area contributed by atoms with Crippen LogP contribution < -0.4 is 0 Å². The highest BCUT2D eigenvalue weighted by Gasteiger charge is 2.44. The molecule has 1 saturated heterocycles. The van der Waals surface area contributed by atoms with Crippen LogP contribution in [0.25, 0.3) is 0 Å². The zero-order valence-corrected chi connectivity index (χ0v) is 16.1. The quantitative estimate of drug-likeness (QED) is 0.847. The Bertz CT molecular complexity index is 508. The van der Waals surface area contributed by atoms with E-state index in [2.05, 4.69) is 33.9 Å². The van der Waals surface area contributed by atoms with E-state index in [-0.39, 0.29) is 11.6 Å². The lowest BCUT2D eigenvalue weighted by Crippen LogP contribution is -2.54. The SMILES string of the molecule is CC(C)(C)[Si](C)(C)OC[C@H]1O[C@@H](c2ccccc2)OC[C@@]1(C)O. The molecule has 130 valence electrons. The van der Waals surface area contributed by atoms with Gasteiger partial charge in [-0.05, 0) is 25.1 Å². The highest BCUT2D eigenvalue weighted by atomic mass is 28.4. The smallest absolute Gasteiger partial charge is 0.192 e. The van der Waals surface area contributed by atoms with Crippen molar-refractivity contribution in [2.45, 2.75) is 63.8 Å². The third-order valence-corrected chi connectivity index (χ3v) is 9.48. The van der Waals surface area contributed by atoms with Crippen molar-refractivity contribution in [1.29, 1.82) is 0 Å². The van der Waals surface area contributed by atoms with E-state index in [4.69, 9.17) is 13.9 Å². The molecule has 0 bridgehead atoms. The molecule has 23 heavy (non-hydrogen) atoms. The molecule has 2 rings (SSSR count). The molecular weight excluding hydrogens is 308 g/mol. The summed E-state index contributed by atoms with van der Waals surface area (Å²) in [7, 11) is -1.88. The summed E-state index contributed by atoms with van der Waals surface area (Å²) in [5, 5.41) is 10.7. The van der Waals surface area contributed by atoms with Gasteiger partial charge in [0.2, 0.25) is 0 Å². The predicted molar refractivity (Wildman–Crippen MR) is 93.8 cm³/mol.